The fourth-order valence-corrected chi connectivity index (χ4v) is 2.86. The predicted molar refractivity (Wildman–Crippen MR) is 59.2 cm³/mol. The molecule has 0 radical (unpaired) electrons. The Bertz CT molecular complexity index is 440. The van der Waals surface area contributed by atoms with Crippen LogP contribution < -0.4 is 0 Å². The smallest absolute Gasteiger partial charge is 0.320 e. The maximum atomic E-state index is 11.7. The molecule has 0 spiro atoms. The highest BCUT2D eigenvalue weighted by Gasteiger charge is 2.49. The average Bonchev–Trinajstić information content (AvgIpc) is 2.76. The molecule has 2 rings (SSSR count). The second-order valence-corrected chi connectivity index (χ2v) is 5.37. The largest absolute Gasteiger partial charge is 0.465 e. The summed E-state index contributed by atoms with van der Waals surface area (Å²) < 4.78 is 4.93. The van der Waals surface area contributed by atoms with E-state index in [1.807, 2.05) is 6.92 Å². The number of ether oxygens (including phenoxy) is 1. The molecule has 1 unspecified atom stereocenters. The van der Waals surface area contributed by atoms with E-state index in [-0.39, 0.29) is 11.8 Å². The molecule has 0 aromatic carbocycles. The van der Waals surface area contributed by atoms with E-state index in [9.17, 15) is 9.59 Å². The molecule has 1 saturated heterocycles. The van der Waals surface area contributed by atoms with E-state index in [0.29, 0.717) is 19.4 Å². The van der Waals surface area contributed by atoms with Gasteiger partial charge in [0.1, 0.15) is 11.2 Å². The van der Waals surface area contributed by atoms with Gasteiger partial charge in [-0.15, -0.1) is 11.3 Å². The van der Waals surface area contributed by atoms with Crippen LogP contribution in [0.15, 0.2) is 6.20 Å². The molecule has 0 amide bonds. The summed E-state index contributed by atoms with van der Waals surface area (Å²) in [6.45, 7) is 3.71. The molecule has 1 aromatic rings. The topological polar surface area (TPSA) is 56.3 Å². The lowest BCUT2D eigenvalue weighted by atomic mass is 9.79. The monoisotopic (exact) mass is 239 g/mol. The lowest BCUT2D eigenvalue weighted by molar-refractivity contribution is -0.150. The summed E-state index contributed by atoms with van der Waals surface area (Å²) in [5.74, 6) is -0.493. The van der Waals surface area contributed by atoms with Crippen LogP contribution in [0.5, 0.6) is 0 Å². The number of hydrogen-bond acceptors (Lipinski definition) is 5. The quantitative estimate of drug-likeness (QED) is 0.592. The zero-order valence-corrected chi connectivity index (χ0v) is 10.1. The van der Waals surface area contributed by atoms with Gasteiger partial charge in [-0.05, 0) is 13.8 Å². The number of hydrogen-bond donors (Lipinski definition) is 0. The summed E-state index contributed by atoms with van der Waals surface area (Å²) in [5.41, 5.74) is -0.959. The summed E-state index contributed by atoms with van der Waals surface area (Å²) >= 11 is 1.52. The molecule has 86 valence electrons. The summed E-state index contributed by atoms with van der Waals surface area (Å²) in [7, 11) is 0. The number of nitrogens with zero attached hydrogens (tertiary/aromatic N) is 1. The molecule has 1 fully saturated rings. The second kappa shape index (κ2) is 3.97. The van der Waals surface area contributed by atoms with Gasteiger partial charge in [-0.3, -0.25) is 9.59 Å². The summed E-state index contributed by atoms with van der Waals surface area (Å²) in [5, 5.41) is 0.945. The molecule has 16 heavy (non-hydrogen) atoms. The molecular formula is C11H13NO3S. The van der Waals surface area contributed by atoms with Crippen LogP contribution in [0.4, 0.5) is 0 Å². The Hall–Kier alpha value is -1.23. The molecule has 1 atom stereocenters. The standard InChI is InChI=1S/C11H13NO3S/c1-7(13)11(3-4-15-10(11)14)5-9-6-12-8(2)16-9/h6H,3-5H2,1-2H3. The Kier molecular flexibility index (Phi) is 2.80. The number of esters is 1. The minimum atomic E-state index is -0.959. The van der Waals surface area contributed by atoms with Crippen LogP contribution in [-0.4, -0.2) is 23.3 Å². The van der Waals surface area contributed by atoms with E-state index in [1.54, 1.807) is 6.20 Å². The Morgan fingerprint density at radius 3 is 2.88 bits per heavy atom. The maximum Gasteiger partial charge on any atom is 0.320 e. The number of Topliss-reactive ketones (excluding diaryl/α,β-unsaturated/α-hetero) is 1. The number of cyclic esters (lactones) is 1. The van der Waals surface area contributed by atoms with Crippen LogP contribution in [-0.2, 0) is 20.7 Å². The molecule has 1 aromatic heterocycles. The number of carbonyl (C=O) groups excluding carboxylic acids is 2. The van der Waals surface area contributed by atoms with Gasteiger partial charge in [0.2, 0.25) is 0 Å². The van der Waals surface area contributed by atoms with Crippen LogP contribution >= 0.6 is 11.3 Å². The normalized spacial score (nSPS) is 24.5. The average molecular weight is 239 g/mol. The molecule has 2 heterocycles. The zero-order valence-electron chi connectivity index (χ0n) is 9.28. The first-order chi connectivity index (χ1) is 7.54. The lowest BCUT2D eigenvalue weighted by Crippen LogP contribution is -2.36. The minimum Gasteiger partial charge on any atom is -0.465 e. The van der Waals surface area contributed by atoms with Gasteiger partial charge in [0.25, 0.3) is 0 Å². The number of rotatable bonds is 3. The van der Waals surface area contributed by atoms with E-state index < -0.39 is 5.41 Å². The molecule has 1 aliphatic rings. The Morgan fingerprint density at radius 1 is 1.69 bits per heavy atom. The molecule has 1 aliphatic heterocycles. The third-order valence-electron chi connectivity index (χ3n) is 2.97. The van der Waals surface area contributed by atoms with Crippen molar-refractivity contribution in [1.29, 1.82) is 0 Å². The van der Waals surface area contributed by atoms with E-state index in [2.05, 4.69) is 4.98 Å². The van der Waals surface area contributed by atoms with Crippen molar-refractivity contribution in [2.45, 2.75) is 26.7 Å². The van der Waals surface area contributed by atoms with Gasteiger partial charge in [-0.25, -0.2) is 4.98 Å². The Morgan fingerprint density at radius 2 is 2.44 bits per heavy atom. The van der Waals surface area contributed by atoms with Crippen molar-refractivity contribution in [2.75, 3.05) is 6.61 Å². The van der Waals surface area contributed by atoms with Crippen molar-refractivity contribution < 1.29 is 14.3 Å². The van der Waals surface area contributed by atoms with Gasteiger partial charge in [0.15, 0.2) is 0 Å². The summed E-state index contributed by atoms with van der Waals surface area (Å²) in [6, 6.07) is 0. The van der Waals surface area contributed by atoms with Crippen LogP contribution in [0.25, 0.3) is 0 Å². The van der Waals surface area contributed by atoms with Crippen molar-refractivity contribution in [3.05, 3.63) is 16.1 Å². The van der Waals surface area contributed by atoms with Crippen molar-refractivity contribution in [2.24, 2.45) is 5.41 Å². The van der Waals surface area contributed by atoms with Crippen LogP contribution in [0.2, 0.25) is 0 Å². The molecule has 0 N–H and O–H groups in total. The van der Waals surface area contributed by atoms with Crippen molar-refractivity contribution in [3.8, 4) is 0 Å². The fraction of sp³-hybridized carbons (Fsp3) is 0.545. The van der Waals surface area contributed by atoms with E-state index in [0.717, 1.165) is 9.88 Å². The third kappa shape index (κ3) is 1.75. The van der Waals surface area contributed by atoms with Crippen LogP contribution in [0, 0.1) is 12.3 Å². The third-order valence-corrected chi connectivity index (χ3v) is 3.88. The first-order valence-corrected chi connectivity index (χ1v) is 5.96. The maximum absolute atomic E-state index is 11.7. The number of aromatic nitrogens is 1. The second-order valence-electron chi connectivity index (χ2n) is 4.05. The van der Waals surface area contributed by atoms with Gasteiger partial charge in [-0.2, -0.15) is 0 Å². The molecule has 0 aliphatic carbocycles. The highest BCUT2D eigenvalue weighted by Crippen LogP contribution is 2.36. The number of ketones is 1. The van der Waals surface area contributed by atoms with Gasteiger partial charge in [-0.1, -0.05) is 0 Å². The van der Waals surface area contributed by atoms with Crippen LogP contribution in [0.3, 0.4) is 0 Å². The van der Waals surface area contributed by atoms with Gasteiger partial charge < -0.3 is 4.74 Å². The van der Waals surface area contributed by atoms with E-state index in [4.69, 9.17) is 4.74 Å². The Balaban J connectivity index is 2.28. The summed E-state index contributed by atoms with van der Waals surface area (Å²) in [4.78, 5) is 28.5. The SMILES string of the molecule is CC(=O)C1(Cc2cnc(C)s2)CCOC1=O. The van der Waals surface area contributed by atoms with Crippen molar-refractivity contribution >= 4 is 23.1 Å². The van der Waals surface area contributed by atoms with E-state index in [1.165, 1.54) is 18.3 Å². The first kappa shape index (κ1) is 11.3. The molecule has 0 saturated carbocycles. The molecule has 0 bridgehead atoms. The van der Waals surface area contributed by atoms with Gasteiger partial charge in [0.05, 0.1) is 11.6 Å². The molecular weight excluding hydrogens is 226 g/mol. The highest BCUT2D eigenvalue weighted by atomic mass is 32.1. The van der Waals surface area contributed by atoms with Gasteiger partial charge in [0, 0.05) is 23.9 Å². The van der Waals surface area contributed by atoms with Crippen molar-refractivity contribution in [1.82, 2.24) is 4.98 Å². The highest BCUT2D eigenvalue weighted by molar-refractivity contribution is 7.11. The molecule has 5 heteroatoms. The minimum absolute atomic E-state index is 0.110. The Labute approximate surface area is 97.6 Å². The molecule has 4 nitrogen and oxygen atoms in total. The number of carbonyl (C=O) groups is 2. The fourth-order valence-electron chi connectivity index (χ4n) is 1.95. The van der Waals surface area contributed by atoms with Crippen LogP contribution in [0.1, 0.15) is 23.2 Å². The number of aryl methyl sites for hydroxylation is 1. The first-order valence-electron chi connectivity index (χ1n) is 5.14. The predicted octanol–water partition coefficient (Wildman–Crippen LogP) is 1.52. The lowest BCUT2D eigenvalue weighted by Gasteiger charge is -2.19. The van der Waals surface area contributed by atoms with Crippen molar-refractivity contribution in [3.63, 3.8) is 0 Å². The number of thiazole rings is 1. The zero-order chi connectivity index (χ0) is 11.8. The summed E-state index contributed by atoms with van der Waals surface area (Å²) in [6.07, 6.45) is 2.64. The van der Waals surface area contributed by atoms with E-state index >= 15 is 0 Å². The van der Waals surface area contributed by atoms with Gasteiger partial charge >= 0.3 is 5.97 Å².